The number of amides is 1. The Labute approximate surface area is 163 Å². The second kappa shape index (κ2) is 7.78. The van der Waals surface area contributed by atoms with Gasteiger partial charge in [0.15, 0.2) is 6.10 Å². The summed E-state index contributed by atoms with van der Waals surface area (Å²) in [5, 5.41) is 10.4. The average molecular weight is 375 g/mol. The fourth-order valence-corrected chi connectivity index (χ4v) is 3.31. The largest absolute Gasteiger partial charge is 0.497 e. The van der Waals surface area contributed by atoms with Crippen LogP contribution < -0.4 is 4.74 Å². The van der Waals surface area contributed by atoms with Gasteiger partial charge in [0, 0.05) is 24.7 Å². The first-order chi connectivity index (χ1) is 13.6. The molecule has 1 aliphatic rings. The lowest BCUT2D eigenvalue weighted by molar-refractivity contribution is -0.141. The summed E-state index contributed by atoms with van der Waals surface area (Å²) in [6.45, 7) is 0.803. The molecule has 0 saturated heterocycles. The summed E-state index contributed by atoms with van der Waals surface area (Å²) in [6.07, 6.45) is 1.23. The molecule has 0 unspecified atom stereocenters. The van der Waals surface area contributed by atoms with Crippen molar-refractivity contribution in [3.8, 4) is 5.75 Å². The molecular formula is C22H21N3O3. The van der Waals surface area contributed by atoms with E-state index in [-0.39, 0.29) is 5.91 Å². The van der Waals surface area contributed by atoms with E-state index in [2.05, 4.69) is 9.97 Å². The van der Waals surface area contributed by atoms with E-state index in [1.807, 2.05) is 42.5 Å². The van der Waals surface area contributed by atoms with Gasteiger partial charge in [0.2, 0.25) is 0 Å². The summed E-state index contributed by atoms with van der Waals surface area (Å²) in [6, 6.07) is 16.8. The highest BCUT2D eigenvalue weighted by atomic mass is 16.5. The number of benzene rings is 2. The van der Waals surface area contributed by atoms with Gasteiger partial charge in [0.25, 0.3) is 5.91 Å². The molecule has 0 fully saturated rings. The summed E-state index contributed by atoms with van der Waals surface area (Å²) in [7, 11) is 1.64. The van der Waals surface area contributed by atoms with Gasteiger partial charge in [0.05, 0.1) is 19.3 Å². The lowest BCUT2D eigenvalue weighted by atomic mass is 10.1. The van der Waals surface area contributed by atoms with Crippen molar-refractivity contribution in [3.05, 3.63) is 89.0 Å². The summed E-state index contributed by atoms with van der Waals surface area (Å²) >= 11 is 0. The second-order valence-corrected chi connectivity index (χ2v) is 6.79. The molecule has 0 aliphatic carbocycles. The number of aromatic nitrogens is 2. The fourth-order valence-electron chi connectivity index (χ4n) is 3.31. The summed E-state index contributed by atoms with van der Waals surface area (Å²) in [4.78, 5) is 23.4. The second-order valence-electron chi connectivity index (χ2n) is 6.79. The standard InChI is InChI=1S/C22H21N3O3/c1-28-18-9-7-15(8-10-18)11-20-23-12-17-13-25(14-19(17)24-20)22(27)21(26)16-5-3-2-4-6-16/h2-10,12,21,26H,11,13-14H2,1H3/t21-/m0/s1. The molecule has 0 saturated carbocycles. The zero-order chi connectivity index (χ0) is 19.5. The molecule has 2 heterocycles. The number of fused-ring (bicyclic) bond motifs is 1. The van der Waals surface area contributed by atoms with Gasteiger partial charge < -0.3 is 14.7 Å². The maximum atomic E-state index is 12.7. The van der Waals surface area contributed by atoms with E-state index in [9.17, 15) is 9.90 Å². The van der Waals surface area contributed by atoms with Crippen LogP contribution in [0.5, 0.6) is 5.75 Å². The van der Waals surface area contributed by atoms with E-state index in [0.717, 1.165) is 22.6 Å². The summed E-state index contributed by atoms with van der Waals surface area (Å²) in [5.74, 6) is 1.20. The highest BCUT2D eigenvalue weighted by Gasteiger charge is 2.30. The van der Waals surface area contributed by atoms with Crippen LogP contribution in [-0.4, -0.2) is 33.0 Å². The maximum Gasteiger partial charge on any atom is 0.256 e. The molecule has 6 nitrogen and oxygen atoms in total. The molecule has 1 N–H and O–H groups in total. The molecule has 1 aromatic heterocycles. The van der Waals surface area contributed by atoms with Crippen molar-refractivity contribution >= 4 is 5.91 Å². The number of carbonyl (C=O) groups excluding carboxylic acids is 1. The minimum atomic E-state index is -1.16. The summed E-state index contributed by atoms with van der Waals surface area (Å²) < 4.78 is 5.18. The van der Waals surface area contributed by atoms with Crippen LogP contribution in [0.3, 0.4) is 0 Å². The minimum Gasteiger partial charge on any atom is -0.497 e. The van der Waals surface area contributed by atoms with Crippen molar-refractivity contribution in [1.82, 2.24) is 14.9 Å². The average Bonchev–Trinajstić information content (AvgIpc) is 3.17. The SMILES string of the molecule is COc1ccc(Cc2ncc3c(n2)CN(C(=O)[C@@H](O)c2ccccc2)C3)cc1. The first-order valence-corrected chi connectivity index (χ1v) is 9.12. The van der Waals surface area contributed by atoms with Crippen LogP contribution in [-0.2, 0) is 24.3 Å². The van der Waals surface area contributed by atoms with Gasteiger partial charge in [-0.15, -0.1) is 0 Å². The Kier molecular flexibility index (Phi) is 5.04. The molecule has 1 amide bonds. The van der Waals surface area contributed by atoms with Crippen LogP contribution in [0.15, 0.2) is 60.8 Å². The van der Waals surface area contributed by atoms with Crippen LogP contribution in [0.25, 0.3) is 0 Å². The number of carbonyl (C=O) groups is 1. The Morgan fingerprint density at radius 3 is 2.61 bits per heavy atom. The number of hydrogen-bond acceptors (Lipinski definition) is 5. The highest BCUT2D eigenvalue weighted by molar-refractivity contribution is 5.82. The van der Waals surface area contributed by atoms with Crippen molar-refractivity contribution in [2.24, 2.45) is 0 Å². The Hall–Kier alpha value is -3.25. The Bertz CT molecular complexity index is 974. The summed E-state index contributed by atoms with van der Waals surface area (Å²) in [5.41, 5.74) is 3.44. The topological polar surface area (TPSA) is 75.6 Å². The quantitative estimate of drug-likeness (QED) is 0.742. The maximum absolute atomic E-state index is 12.7. The lowest BCUT2D eigenvalue weighted by Gasteiger charge is -2.19. The van der Waals surface area contributed by atoms with Gasteiger partial charge in [-0.2, -0.15) is 0 Å². The third-order valence-electron chi connectivity index (χ3n) is 4.89. The molecule has 2 aromatic carbocycles. The van der Waals surface area contributed by atoms with Crippen LogP contribution >= 0.6 is 0 Å². The molecule has 0 radical (unpaired) electrons. The van der Waals surface area contributed by atoms with Gasteiger partial charge in [0.1, 0.15) is 11.6 Å². The van der Waals surface area contributed by atoms with Crippen LogP contribution in [0.1, 0.15) is 34.3 Å². The molecule has 142 valence electrons. The van der Waals surface area contributed by atoms with Gasteiger partial charge in [-0.1, -0.05) is 42.5 Å². The molecule has 3 aromatic rings. The number of hydrogen-bond donors (Lipinski definition) is 1. The van der Waals surface area contributed by atoms with E-state index in [0.29, 0.717) is 30.9 Å². The Morgan fingerprint density at radius 1 is 1.14 bits per heavy atom. The smallest absolute Gasteiger partial charge is 0.256 e. The third kappa shape index (κ3) is 3.73. The molecule has 4 rings (SSSR count). The fraction of sp³-hybridized carbons (Fsp3) is 0.227. The van der Waals surface area contributed by atoms with E-state index in [1.54, 1.807) is 30.3 Å². The first kappa shape index (κ1) is 18.1. The third-order valence-corrected chi connectivity index (χ3v) is 4.89. The monoisotopic (exact) mass is 375 g/mol. The van der Waals surface area contributed by atoms with Gasteiger partial charge in [-0.25, -0.2) is 9.97 Å². The zero-order valence-electron chi connectivity index (χ0n) is 15.6. The van der Waals surface area contributed by atoms with Gasteiger partial charge in [-0.05, 0) is 23.3 Å². The van der Waals surface area contributed by atoms with Crippen molar-refractivity contribution < 1.29 is 14.6 Å². The van der Waals surface area contributed by atoms with Crippen LogP contribution in [0, 0.1) is 0 Å². The van der Waals surface area contributed by atoms with Gasteiger partial charge in [-0.3, -0.25) is 4.79 Å². The van der Waals surface area contributed by atoms with Crippen molar-refractivity contribution in [2.75, 3.05) is 7.11 Å². The highest BCUT2D eigenvalue weighted by Crippen LogP contribution is 2.25. The Balaban J connectivity index is 1.45. The molecule has 6 heteroatoms. The van der Waals surface area contributed by atoms with Crippen molar-refractivity contribution in [3.63, 3.8) is 0 Å². The Morgan fingerprint density at radius 2 is 1.89 bits per heavy atom. The van der Waals surface area contributed by atoms with Crippen LogP contribution in [0.4, 0.5) is 0 Å². The number of nitrogens with zero attached hydrogens (tertiary/aromatic N) is 3. The number of rotatable bonds is 5. The molecule has 1 atom stereocenters. The molecular weight excluding hydrogens is 354 g/mol. The predicted molar refractivity (Wildman–Crippen MR) is 103 cm³/mol. The zero-order valence-corrected chi connectivity index (χ0v) is 15.6. The van der Waals surface area contributed by atoms with E-state index in [4.69, 9.17) is 4.74 Å². The van der Waals surface area contributed by atoms with E-state index >= 15 is 0 Å². The van der Waals surface area contributed by atoms with Crippen molar-refractivity contribution in [1.29, 1.82) is 0 Å². The molecule has 28 heavy (non-hydrogen) atoms. The first-order valence-electron chi connectivity index (χ1n) is 9.12. The van der Waals surface area contributed by atoms with Crippen LogP contribution in [0.2, 0.25) is 0 Å². The van der Waals surface area contributed by atoms with E-state index in [1.165, 1.54) is 0 Å². The number of methoxy groups -OCH3 is 1. The van der Waals surface area contributed by atoms with E-state index < -0.39 is 6.10 Å². The van der Waals surface area contributed by atoms with Crippen molar-refractivity contribution in [2.45, 2.75) is 25.6 Å². The van der Waals surface area contributed by atoms with Gasteiger partial charge >= 0.3 is 0 Å². The minimum absolute atomic E-state index is 0.319. The number of aliphatic hydroxyl groups excluding tert-OH is 1. The molecule has 0 bridgehead atoms. The number of ether oxygens (including phenoxy) is 1. The number of aliphatic hydroxyl groups is 1. The lowest BCUT2D eigenvalue weighted by Crippen LogP contribution is -2.30. The molecule has 1 aliphatic heterocycles. The molecule has 0 spiro atoms. The normalized spacial score (nSPS) is 13.9. The predicted octanol–water partition coefficient (Wildman–Crippen LogP) is 2.65.